The van der Waals surface area contributed by atoms with Crippen molar-refractivity contribution < 1.29 is 19.1 Å². The molecule has 94 valence electrons. The molecule has 2 rings (SSSR count). The van der Waals surface area contributed by atoms with Gasteiger partial charge < -0.3 is 14.5 Å². The second-order valence-electron chi connectivity index (χ2n) is 3.75. The third-order valence-corrected chi connectivity index (χ3v) is 2.35. The van der Waals surface area contributed by atoms with E-state index in [4.69, 9.17) is 9.47 Å². The zero-order chi connectivity index (χ0) is 13.1. The van der Waals surface area contributed by atoms with Gasteiger partial charge in [-0.25, -0.2) is 4.79 Å². The Morgan fingerprint density at radius 1 is 1.28 bits per heavy atom. The van der Waals surface area contributed by atoms with Crippen LogP contribution in [0.15, 0.2) is 24.3 Å². The molecule has 0 aliphatic rings. The van der Waals surface area contributed by atoms with E-state index in [-0.39, 0.29) is 5.97 Å². The van der Waals surface area contributed by atoms with Gasteiger partial charge in [0.2, 0.25) is 0 Å². The van der Waals surface area contributed by atoms with Gasteiger partial charge in [0.15, 0.2) is 0 Å². The molecule has 0 saturated heterocycles. The summed E-state index contributed by atoms with van der Waals surface area (Å²) in [6.45, 7) is 3.41. The van der Waals surface area contributed by atoms with Crippen molar-refractivity contribution in [3.05, 3.63) is 30.0 Å². The number of ether oxygens (including phenoxy) is 2. The Balaban J connectivity index is 2.33. The molecule has 0 bridgehead atoms. The number of H-pyrrole nitrogens is 1. The number of benzene rings is 1. The summed E-state index contributed by atoms with van der Waals surface area (Å²) in [5.41, 5.74) is 1.17. The van der Waals surface area contributed by atoms with E-state index in [2.05, 4.69) is 4.98 Å². The molecule has 1 aromatic heterocycles. The normalized spacial score (nSPS) is 10.3. The minimum Gasteiger partial charge on any atom is -0.461 e. The second-order valence-corrected chi connectivity index (χ2v) is 3.75. The third kappa shape index (κ3) is 2.51. The Kier molecular flexibility index (Phi) is 3.32. The molecule has 18 heavy (non-hydrogen) atoms. The first-order chi connectivity index (χ1) is 8.60. The Labute approximate surface area is 104 Å². The van der Waals surface area contributed by atoms with Crippen LogP contribution in [0.25, 0.3) is 10.9 Å². The molecule has 5 heteroatoms. The quantitative estimate of drug-likeness (QED) is 0.667. The summed E-state index contributed by atoms with van der Waals surface area (Å²) in [6.07, 6.45) is 0. The van der Waals surface area contributed by atoms with Crippen molar-refractivity contribution in [1.82, 2.24) is 4.98 Å². The van der Waals surface area contributed by atoms with Crippen LogP contribution in [0.3, 0.4) is 0 Å². The lowest BCUT2D eigenvalue weighted by atomic mass is 10.2. The van der Waals surface area contributed by atoms with E-state index in [1.807, 2.05) is 0 Å². The Hall–Kier alpha value is -2.30. The van der Waals surface area contributed by atoms with Gasteiger partial charge in [0.25, 0.3) is 0 Å². The van der Waals surface area contributed by atoms with E-state index in [1.165, 1.54) is 6.92 Å². The summed E-state index contributed by atoms with van der Waals surface area (Å²) >= 11 is 0. The van der Waals surface area contributed by atoms with Gasteiger partial charge >= 0.3 is 11.9 Å². The standard InChI is InChI=1S/C13H13NO4/c1-3-17-13(16)12-7-9-6-10(18-8(2)15)4-5-11(9)14-12/h4-7,14H,3H2,1-2H3. The number of aromatic amines is 1. The number of fused-ring (bicyclic) bond motifs is 1. The Morgan fingerprint density at radius 3 is 2.72 bits per heavy atom. The molecule has 1 heterocycles. The monoisotopic (exact) mass is 247 g/mol. The zero-order valence-electron chi connectivity index (χ0n) is 10.1. The fraction of sp³-hybridized carbons (Fsp3) is 0.231. The van der Waals surface area contributed by atoms with Crippen LogP contribution in [-0.4, -0.2) is 23.5 Å². The van der Waals surface area contributed by atoms with Crippen LogP contribution >= 0.6 is 0 Å². The predicted molar refractivity (Wildman–Crippen MR) is 65.6 cm³/mol. The van der Waals surface area contributed by atoms with Crippen molar-refractivity contribution in [2.24, 2.45) is 0 Å². The van der Waals surface area contributed by atoms with E-state index >= 15 is 0 Å². The van der Waals surface area contributed by atoms with Crippen LogP contribution in [0.4, 0.5) is 0 Å². The predicted octanol–water partition coefficient (Wildman–Crippen LogP) is 2.27. The summed E-state index contributed by atoms with van der Waals surface area (Å²) in [4.78, 5) is 25.3. The minimum atomic E-state index is -0.400. The smallest absolute Gasteiger partial charge is 0.354 e. The molecule has 0 radical (unpaired) electrons. The zero-order valence-corrected chi connectivity index (χ0v) is 10.1. The van der Waals surface area contributed by atoms with E-state index in [9.17, 15) is 9.59 Å². The number of esters is 2. The van der Waals surface area contributed by atoms with Crippen molar-refractivity contribution in [2.75, 3.05) is 6.61 Å². The molecule has 0 unspecified atom stereocenters. The molecule has 5 nitrogen and oxygen atoms in total. The lowest BCUT2D eigenvalue weighted by Gasteiger charge is -1.99. The highest BCUT2D eigenvalue weighted by Crippen LogP contribution is 2.22. The van der Waals surface area contributed by atoms with Gasteiger partial charge in [-0.1, -0.05) is 0 Å². The average molecular weight is 247 g/mol. The van der Waals surface area contributed by atoms with Crippen LogP contribution in [-0.2, 0) is 9.53 Å². The molecule has 0 fully saturated rings. The number of nitrogens with one attached hydrogen (secondary N) is 1. The highest BCUT2D eigenvalue weighted by atomic mass is 16.5. The molecule has 0 aliphatic heterocycles. The number of hydrogen-bond acceptors (Lipinski definition) is 4. The molecular weight excluding hydrogens is 234 g/mol. The summed E-state index contributed by atoms with van der Waals surface area (Å²) in [5.74, 6) is -0.331. The fourth-order valence-corrected chi connectivity index (χ4v) is 1.66. The molecule has 1 N–H and O–H groups in total. The SMILES string of the molecule is CCOC(=O)c1cc2cc(OC(C)=O)ccc2[nH]1. The van der Waals surface area contributed by atoms with Crippen molar-refractivity contribution in [2.45, 2.75) is 13.8 Å². The second kappa shape index (κ2) is 4.91. The summed E-state index contributed by atoms with van der Waals surface area (Å²) in [7, 11) is 0. The van der Waals surface area contributed by atoms with Crippen LogP contribution in [0.2, 0.25) is 0 Å². The van der Waals surface area contributed by atoms with E-state index < -0.39 is 5.97 Å². The van der Waals surface area contributed by atoms with Crippen LogP contribution in [0.5, 0.6) is 5.75 Å². The lowest BCUT2D eigenvalue weighted by molar-refractivity contribution is -0.131. The third-order valence-electron chi connectivity index (χ3n) is 2.35. The number of carbonyl (C=O) groups excluding carboxylic acids is 2. The Morgan fingerprint density at radius 2 is 2.06 bits per heavy atom. The largest absolute Gasteiger partial charge is 0.461 e. The van der Waals surface area contributed by atoms with Crippen molar-refractivity contribution in [3.8, 4) is 5.75 Å². The summed E-state index contributed by atoms with van der Waals surface area (Å²) < 4.78 is 9.87. The molecule has 0 aliphatic carbocycles. The molecule has 0 amide bonds. The maximum absolute atomic E-state index is 11.5. The van der Waals surface area contributed by atoms with Gasteiger partial charge in [0.1, 0.15) is 11.4 Å². The summed E-state index contributed by atoms with van der Waals surface area (Å²) in [5, 5.41) is 0.789. The van der Waals surface area contributed by atoms with Gasteiger partial charge in [-0.2, -0.15) is 0 Å². The van der Waals surface area contributed by atoms with Crippen molar-refractivity contribution >= 4 is 22.8 Å². The number of carbonyl (C=O) groups is 2. The number of aromatic nitrogens is 1. The van der Waals surface area contributed by atoms with Gasteiger partial charge in [-0.05, 0) is 31.2 Å². The lowest BCUT2D eigenvalue weighted by Crippen LogP contribution is -2.04. The highest BCUT2D eigenvalue weighted by molar-refractivity contribution is 5.95. The topological polar surface area (TPSA) is 68.4 Å². The van der Waals surface area contributed by atoms with E-state index in [0.29, 0.717) is 18.1 Å². The van der Waals surface area contributed by atoms with E-state index in [1.54, 1.807) is 31.2 Å². The first-order valence-electron chi connectivity index (χ1n) is 5.58. The fourth-order valence-electron chi connectivity index (χ4n) is 1.66. The van der Waals surface area contributed by atoms with Gasteiger partial charge in [0, 0.05) is 17.8 Å². The Bertz CT molecular complexity index is 600. The van der Waals surface area contributed by atoms with Crippen LogP contribution in [0, 0.1) is 0 Å². The molecule has 0 atom stereocenters. The first kappa shape index (κ1) is 12.2. The molecule has 0 spiro atoms. The molecule has 1 aromatic carbocycles. The molecule has 2 aromatic rings. The highest BCUT2D eigenvalue weighted by Gasteiger charge is 2.10. The first-order valence-corrected chi connectivity index (χ1v) is 5.58. The van der Waals surface area contributed by atoms with Crippen molar-refractivity contribution in [3.63, 3.8) is 0 Å². The van der Waals surface area contributed by atoms with Gasteiger partial charge in [-0.15, -0.1) is 0 Å². The maximum Gasteiger partial charge on any atom is 0.354 e. The minimum absolute atomic E-state index is 0.326. The molecule has 0 saturated carbocycles. The number of hydrogen-bond donors (Lipinski definition) is 1. The van der Waals surface area contributed by atoms with E-state index in [0.717, 1.165) is 10.9 Å². The maximum atomic E-state index is 11.5. The van der Waals surface area contributed by atoms with Gasteiger partial charge in [0.05, 0.1) is 6.61 Å². The van der Waals surface area contributed by atoms with Crippen LogP contribution < -0.4 is 4.74 Å². The van der Waals surface area contributed by atoms with Crippen LogP contribution in [0.1, 0.15) is 24.3 Å². The van der Waals surface area contributed by atoms with Gasteiger partial charge in [-0.3, -0.25) is 4.79 Å². The van der Waals surface area contributed by atoms with Crippen molar-refractivity contribution in [1.29, 1.82) is 0 Å². The molecular formula is C13H13NO4. The number of rotatable bonds is 3. The average Bonchev–Trinajstić information content (AvgIpc) is 2.71. The summed E-state index contributed by atoms with van der Waals surface area (Å²) in [6, 6.07) is 6.77.